The smallest absolute Gasteiger partial charge is 0.291 e. The molecular weight excluding hydrogens is 268 g/mol. The number of rotatable bonds is 3. The van der Waals surface area contributed by atoms with Crippen molar-refractivity contribution < 1.29 is 15.3 Å². The van der Waals surface area contributed by atoms with Crippen molar-refractivity contribution in [2.45, 2.75) is 32.9 Å². The van der Waals surface area contributed by atoms with Gasteiger partial charge in [0.25, 0.3) is 5.09 Å². The maximum atomic E-state index is 11.0. The lowest BCUT2D eigenvalue weighted by Gasteiger charge is -2.27. The van der Waals surface area contributed by atoms with Gasteiger partial charge in [0.1, 0.15) is 5.69 Å². The Kier molecular flexibility index (Phi) is 6.36. The molecule has 9 nitrogen and oxygen atoms in total. The van der Waals surface area contributed by atoms with Crippen LogP contribution in [0.1, 0.15) is 26.3 Å². The van der Waals surface area contributed by atoms with E-state index in [1.807, 2.05) is 0 Å². The van der Waals surface area contributed by atoms with Crippen LogP contribution < -0.4 is 10.7 Å². The van der Waals surface area contributed by atoms with Crippen LogP contribution in [0.15, 0.2) is 24.3 Å². The zero-order valence-corrected chi connectivity index (χ0v) is 11.5. The molecule has 0 aliphatic rings. The Hall–Kier alpha value is -2.42. The van der Waals surface area contributed by atoms with E-state index in [2.05, 4.69) is 0 Å². The molecule has 0 aromatic heterocycles. The second kappa shape index (κ2) is 7.24. The lowest BCUT2D eigenvalue weighted by Crippen LogP contribution is -2.45. The van der Waals surface area contributed by atoms with Crippen LogP contribution in [0.3, 0.4) is 0 Å². The minimum atomic E-state index is -1.50. The minimum absolute atomic E-state index is 0.391. The van der Waals surface area contributed by atoms with Crippen LogP contribution in [0.5, 0.6) is 0 Å². The average Bonchev–Trinajstić information content (AvgIpc) is 2.26. The summed E-state index contributed by atoms with van der Waals surface area (Å²) < 4.78 is 0. The Labute approximate surface area is 115 Å². The summed E-state index contributed by atoms with van der Waals surface area (Å²) in [5.41, 5.74) is 6.44. The molecule has 1 aromatic carbocycles. The molecule has 0 heterocycles. The van der Waals surface area contributed by atoms with Gasteiger partial charge in [0.2, 0.25) is 0 Å². The van der Waals surface area contributed by atoms with E-state index in [9.17, 15) is 10.1 Å². The molecule has 0 atom stereocenters. The van der Waals surface area contributed by atoms with E-state index < -0.39 is 15.7 Å². The highest BCUT2D eigenvalue weighted by molar-refractivity contribution is 5.46. The van der Waals surface area contributed by atoms with Crippen LogP contribution in [0.25, 0.3) is 0 Å². The third kappa shape index (κ3) is 5.96. The molecule has 0 radical (unpaired) electrons. The summed E-state index contributed by atoms with van der Waals surface area (Å²) in [4.78, 5) is 19.4. The number of hydrogen-bond acceptors (Lipinski definition) is 5. The zero-order valence-electron chi connectivity index (χ0n) is 11.5. The molecule has 0 spiro atoms. The van der Waals surface area contributed by atoms with E-state index in [0.717, 1.165) is 10.6 Å². The average molecular weight is 286 g/mol. The summed E-state index contributed by atoms with van der Waals surface area (Å²) in [5.74, 6) is 0. The number of anilines is 1. The molecule has 0 amide bonds. The highest BCUT2D eigenvalue weighted by atomic mass is 16.9. The first-order valence-electron chi connectivity index (χ1n) is 5.66. The summed E-state index contributed by atoms with van der Waals surface area (Å²) in [6.45, 7) is 5.83. The van der Waals surface area contributed by atoms with Gasteiger partial charge in [-0.05, 0) is 38.5 Å². The fraction of sp³-hybridized carbons (Fsp3) is 0.455. The first kappa shape index (κ1) is 17.6. The van der Waals surface area contributed by atoms with Gasteiger partial charge in [-0.2, -0.15) is 0 Å². The van der Waals surface area contributed by atoms with Gasteiger partial charge in [-0.25, -0.2) is 10.1 Å². The van der Waals surface area contributed by atoms with Gasteiger partial charge < -0.3 is 10.9 Å². The van der Waals surface area contributed by atoms with Crippen molar-refractivity contribution in [3.05, 3.63) is 50.1 Å². The summed E-state index contributed by atoms with van der Waals surface area (Å²) in [6, 6.07) is 7.04. The van der Waals surface area contributed by atoms with E-state index in [0.29, 0.717) is 12.2 Å². The van der Waals surface area contributed by atoms with Gasteiger partial charge in [-0.15, -0.1) is 10.1 Å². The Morgan fingerprint density at radius 2 is 1.60 bits per heavy atom. The monoisotopic (exact) mass is 286 g/mol. The van der Waals surface area contributed by atoms with Crippen molar-refractivity contribution >= 4 is 5.69 Å². The largest absolute Gasteiger partial charge is 0.328 e. The molecule has 0 unspecified atom stereocenters. The molecule has 20 heavy (non-hydrogen) atoms. The van der Waals surface area contributed by atoms with Gasteiger partial charge in [0.15, 0.2) is 5.03 Å². The fourth-order valence-electron chi connectivity index (χ4n) is 1.50. The maximum absolute atomic E-state index is 11.0. The molecule has 1 aromatic rings. The Morgan fingerprint density at radius 3 is 1.85 bits per heavy atom. The second-order valence-electron chi connectivity index (χ2n) is 4.83. The van der Waals surface area contributed by atoms with E-state index in [-0.39, 0.29) is 0 Å². The van der Waals surface area contributed by atoms with Crippen LogP contribution in [-0.4, -0.2) is 20.9 Å². The van der Waals surface area contributed by atoms with Gasteiger partial charge in [-0.3, -0.25) is 0 Å². The van der Waals surface area contributed by atoms with E-state index >= 15 is 0 Å². The van der Waals surface area contributed by atoms with E-state index in [1.54, 1.807) is 45.0 Å². The molecule has 1 rings (SSSR count). The molecule has 0 saturated heterocycles. The van der Waals surface area contributed by atoms with Crippen molar-refractivity contribution in [1.29, 1.82) is 0 Å². The van der Waals surface area contributed by atoms with Gasteiger partial charge >= 0.3 is 0 Å². The third-order valence-corrected chi connectivity index (χ3v) is 2.22. The van der Waals surface area contributed by atoms with Crippen molar-refractivity contribution in [1.82, 2.24) is 0 Å². The van der Waals surface area contributed by atoms with Crippen LogP contribution in [0.4, 0.5) is 5.69 Å². The SMILES string of the molecule is CC(C)(C)N(c1ccc(CN)cc1)[N+](=O)[O-].O=[N+]([O-])O. The molecule has 0 fully saturated rings. The molecule has 0 aliphatic carbocycles. The highest BCUT2D eigenvalue weighted by Gasteiger charge is 2.31. The zero-order chi connectivity index (χ0) is 15.9. The number of hydrazine groups is 1. The Bertz CT molecular complexity index is 451. The van der Waals surface area contributed by atoms with Crippen molar-refractivity contribution in [3.8, 4) is 0 Å². The molecular formula is C11H18N4O5. The van der Waals surface area contributed by atoms with Gasteiger partial charge in [-0.1, -0.05) is 17.1 Å². The number of hydrogen-bond donors (Lipinski definition) is 2. The van der Waals surface area contributed by atoms with Crippen molar-refractivity contribution in [2.75, 3.05) is 5.01 Å². The maximum Gasteiger partial charge on any atom is 0.291 e. The van der Waals surface area contributed by atoms with Crippen LogP contribution >= 0.6 is 0 Å². The number of nitrogens with two attached hydrogens (primary N) is 1. The predicted molar refractivity (Wildman–Crippen MR) is 72.3 cm³/mol. The summed E-state index contributed by atoms with van der Waals surface area (Å²) >= 11 is 0. The van der Waals surface area contributed by atoms with Gasteiger partial charge in [0, 0.05) is 6.54 Å². The first-order chi connectivity index (χ1) is 9.09. The quantitative estimate of drug-likeness (QED) is 0.636. The third-order valence-electron chi connectivity index (χ3n) is 2.22. The van der Waals surface area contributed by atoms with Crippen LogP contribution in [-0.2, 0) is 6.54 Å². The van der Waals surface area contributed by atoms with E-state index in [1.165, 1.54) is 0 Å². The molecule has 0 aliphatic heterocycles. The minimum Gasteiger partial charge on any atom is -0.328 e. The van der Waals surface area contributed by atoms with Crippen molar-refractivity contribution in [3.63, 3.8) is 0 Å². The fourth-order valence-corrected chi connectivity index (χ4v) is 1.50. The molecule has 9 heteroatoms. The molecule has 112 valence electrons. The van der Waals surface area contributed by atoms with Crippen molar-refractivity contribution in [2.24, 2.45) is 5.73 Å². The molecule has 3 N–H and O–H groups in total. The standard InChI is InChI=1S/C11H17N3O2.HNO3/c1-11(2,3)13(14(15)16)10-6-4-9(8-12)5-7-10;2-1(3)4/h4-7H,8,12H2,1-3H3;(H,2,3,4). The summed E-state index contributed by atoms with van der Waals surface area (Å²) in [5, 5.41) is 25.4. The normalized spacial score (nSPS) is 10.2. The highest BCUT2D eigenvalue weighted by Crippen LogP contribution is 2.23. The lowest BCUT2D eigenvalue weighted by molar-refractivity contribution is -0.742. The second-order valence-corrected chi connectivity index (χ2v) is 4.83. The van der Waals surface area contributed by atoms with Gasteiger partial charge in [0.05, 0.1) is 5.54 Å². The first-order valence-corrected chi connectivity index (χ1v) is 5.66. The number of nitro groups is 1. The number of nitrogens with zero attached hydrogens (tertiary/aromatic N) is 3. The molecule has 0 saturated carbocycles. The topological polar surface area (TPSA) is 136 Å². The molecule has 0 bridgehead atoms. The van der Waals surface area contributed by atoms with Crippen LogP contribution in [0, 0.1) is 20.2 Å². The summed E-state index contributed by atoms with van der Waals surface area (Å²) in [6.07, 6.45) is 0. The Morgan fingerprint density at radius 1 is 1.20 bits per heavy atom. The summed E-state index contributed by atoms with van der Waals surface area (Å²) in [7, 11) is 0. The van der Waals surface area contributed by atoms with E-state index in [4.69, 9.17) is 21.1 Å². The Balaban J connectivity index is 0.000000796. The van der Waals surface area contributed by atoms with Crippen LogP contribution in [0.2, 0.25) is 0 Å². The lowest BCUT2D eigenvalue weighted by atomic mass is 10.1. The predicted octanol–water partition coefficient (Wildman–Crippen LogP) is 1.59. The number of benzene rings is 1.